The lowest BCUT2D eigenvalue weighted by atomic mass is 10.2. The number of amides is 1. The fourth-order valence-electron chi connectivity index (χ4n) is 1.89. The SMILES string of the molecule is Cc1ccc(Cl)c(OCC(=O)Nc2ccc(S(=O)(=O)C(F)F)cc2)c1. The lowest BCUT2D eigenvalue weighted by molar-refractivity contribution is -0.118. The predicted molar refractivity (Wildman–Crippen MR) is 89.9 cm³/mol. The molecule has 134 valence electrons. The molecule has 1 amide bonds. The van der Waals surface area contributed by atoms with Crippen molar-refractivity contribution in [3.8, 4) is 5.75 Å². The number of sulfone groups is 1. The quantitative estimate of drug-likeness (QED) is 0.818. The van der Waals surface area contributed by atoms with E-state index in [1.54, 1.807) is 18.2 Å². The van der Waals surface area contributed by atoms with Gasteiger partial charge >= 0.3 is 5.76 Å². The molecule has 1 N–H and O–H groups in total. The van der Waals surface area contributed by atoms with Crippen molar-refractivity contribution in [3.63, 3.8) is 0 Å². The van der Waals surface area contributed by atoms with E-state index in [9.17, 15) is 22.0 Å². The Bertz CT molecular complexity index is 870. The molecule has 0 aliphatic rings. The molecule has 2 aromatic carbocycles. The number of ether oxygens (including phenoxy) is 1. The van der Waals surface area contributed by atoms with Gasteiger partial charge in [0.25, 0.3) is 5.91 Å². The van der Waals surface area contributed by atoms with Crippen LogP contribution in [0.15, 0.2) is 47.4 Å². The second kappa shape index (κ2) is 7.79. The summed E-state index contributed by atoms with van der Waals surface area (Å²) >= 11 is 5.95. The average molecular weight is 390 g/mol. The van der Waals surface area contributed by atoms with Crippen LogP contribution in [0.2, 0.25) is 5.02 Å². The molecular formula is C16H14ClF2NO4S. The van der Waals surface area contributed by atoms with Crippen LogP contribution in [0, 0.1) is 6.92 Å². The Labute approximate surface area is 148 Å². The van der Waals surface area contributed by atoms with E-state index >= 15 is 0 Å². The van der Waals surface area contributed by atoms with Crippen molar-refractivity contribution in [1.82, 2.24) is 0 Å². The highest BCUT2D eigenvalue weighted by molar-refractivity contribution is 7.91. The number of aryl methyl sites for hydroxylation is 1. The molecule has 0 aliphatic heterocycles. The van der Waals surface area contributed by atoms with Crippen molar-refractivity contribution >= 4 is 33.0 Å². The minimum Gasteiger partial charge on any atom is -0.482 e. The fourth-order valence-corrected chi connectivity index (χ4v) is 2.79. The number of anilines is 1. The number of carbonyl (C=O) groups is 1. The first-order chi connectivity index (χ1) is 11.7. The molecule has 0 saturated carbocycles. The van der Waals surface area contributed by atoms with E-state index in [4.69, 9.17) is 16.3 Å². The van der Waals surface area contributed by atoms with Crippen LogP contribution in [0.5, 0.6) is 5.75 Å². The van der Waals surface area contributed by atoms with Gasteiger partial charge in [-0.15, -0.1) is 0 Å². The first kappa shape index (κ1) is 19.1. The van der Waals surface area contributed by atoms with Gasteiger partial charge in [-0.1, -0.05) is 17.7 Å². The maximum Gasteiger partial charge on any atom is 0.341 e. The topological polar surface area (TPSA) is 72.5 Å². The zero-order chi connectivity index (χ0) is 18.6. The Hall–Kier alpha value is -2.19. The first-order valence-electron chi connectivity index (χ1n) is 7.01. The summed E-state index contributed by atoms with van der Waals surface area (Å²) in [7, 11) is -4.66. The first-order valence-corrected chi connectivity index (χ1v) is 8.93. The molecule has 0 saturated heterocycles. The molecule has 9 heteroatoms. The summed E-state index contributed by atoms with van der Waals surface area (Å²) in [6, 6.07) is 9.54. The minimum absolute atomic E-state index is 0.247. The van der Waals surface area contributed by atoms with Crippen LogP contribution in [-0.2, 0) is 14.6 Å². The Morgan fingerprint density at radius 3 is 2.44 bits per heavy atom. The number of rotatable bonds is 6. The molecule has 0 aromatic heterocycles. The maximum absolute atomic E-state index is 12.4. The van der Waals surface area contributed by atoms with E-state index in [1.807, 2.05) is 6.92 Å². The summed E-state index contributed by atoms with van der Waals surface area (Å²) in [4.78, 5) is 11.3. The number of carbonyl (C=O) groups excluding carboxylic acids is 1. The molecule has 0 atom stereocenters. The maximum atomic E-state index is 12.4. The van der Waals surface area contributed by atoms with Crippen molar-refractivity contribution in [2.75, 3.05) is 11.9 Å². The van der Waals surface area contributed by atoms with Gasteiger partial charge in [0, 0.05) is 5.69 Å². The second-order valence-electron chi connectivity index (χ2n) is 5.10. The molecule has 0 bridgehead atoms. The van der Waals surface area contributed by atoms with Crippen LogP contribution in [0.4, 0.5) is 14.5 Å². The number of halogens is 3. The molecule has 0 heterocycles. The van der Waals surface area contributed by atoms with Crippen LogP contribution in [0.25, 0.3) is 0 Å². The lowest BCUT2D eigenvalue weighted by Crippen LogP contribution is -2.20. The third-order valence-electron chi connectivity index (χ3n) is 3.15. The van der Waals surface area contributed by atoms with Gasteiger partial charge in [-0.25, -0.2) is 8.42 Å². The van der Waals surface area contributed by atoms with Crippen LogP contribution in [-0.4, -0.2) is 26.7 Å². The van der Waals surface area contributed by atoms with Crippen molar-refractivity contribution in [2.24, 2.45) is 0 Å². The van der Waals surface area contributed by atoms with Crippen LogP contribution < -0.4 is 10.1 Å². The Morgan fingerprint density at radius 2 is 1.84 bits per heavy atom. The van der Waals surface area contributed by atoms with E-state index in [0.717, 1.165) is 17.7 Å². The average Bonchev–Trinajstić information content (AvgIpc) is 2.56. The Morgan fingerprint density at radius 1 is 1.20 bits per heavy atom. The van der Waals surface area contributed by atoms with E-state index in [0.29, 0.717) is 10.8 Å². The zero-order valence-electron chi connectivity index (χ0n) is 13.0. The van der Waals surface area contributed by atoms with Gasteiger partial charge in [0.1, 0.15) is 5.75 Å². The summed E-state index contributed by atoms with van der Waals surface area (Å²) in [5, 5.41) is 2.83. The van der Waals surface area contributed by atoms with Gasteiger partial charge in [-0.3, -0.25) is 4.79 Å². The summed E-state index contributed by atoms with van der Waals surface area (Å²) in [5.41, 5.74) is 1.16. The van der Waals surface area contributed by atoms with Crippen LogP contribution in [0.3, 0.4) is 0 Å². The molecule has 2 rings (SSSR count). The van der Waals surface area contributed by atoms with Crippen LogP contribution in [0.1, 0.15) is 5.56 Å². The zero-order valence-corrected chi connectivity index (χ0v) is 14.6. The normalized spacial score (nSPS) is 11.4. The Kier molecular flexibility index (Phi) is 5.97. The molecule has 5 nitrogen and oxygen atoms in total. The second-order valence-corrected chi connectivity index (χ2v) is 7.43. The monoisotopic (exact) mass is 389 g/mol. The van der Waals surface area contributed by atoms with Gasteiger partial charge in [0.2, 0.25) is 9.84 Å². The van der Waals surface area contributed by atoms with Crippen molar-refractivity contribution in [3.05, 3.63) is 53.1 Å². The largest absolute Gasteiger partial charge is 0.482 e. The van der Waals surface area contributed by atoms with Gasteiger partial charge in [-0.05, 0) is 48.9 Å². The predicted octanol–water partition coefficient (Wildman–Crippen LogP) is 3.66. The van der Waals surface area contributed by atoms with Crippen LogP contribution >= 0.6 is 11.6 Å². The van der Waals surface area contributed by atoms with Crippen molar-refractivity contribution in [2.45, 2.75) is 17.6 Å². The lowest BCUT2D eigenvalue weighted by Gasteiger charge is -2.10. The highest BCUT2D eigenvalue weighted by Gasteiger charge is 2.26. The molecule has 2 aromatic rings. The summed E-state index contributed by atoms with van der Waals surface area (Å²) < 4.78 is 52.8. The number of alkyl halides is 2. The third kappa shape index (κ3) is 4.90. The summed E-state index contributed by atoms with van der Waals surface area (Å²) in [6.07, 6.45) is 0. The molecule has 0 unspecified atom stereocenters. The smallest absolute Gasteiger partial charge is 0.341 e. The van der Waals surface area contributed by atoms with E-state index < -0.39 is 26.4 Å². The van der Waals surface area contributed by atoms with Gasteiger partial charge < -0.3 is 10.1 Å². The Balaban J connectivity index is 1.98. The molecule has 0 fully saturated rings. The molecule has 0 radical (unpaired) electrons. The number of benzene rings is 2. The van der Waals surface area contributed by atoms with Gasteiger partial charge in [0.05, 0.1) is 9.92 Å². The van der Waals surface area contributed by atoms with Gasteiger partial charge in [0.15, 0.2) is 6.61 Å². The minimum atomic E-state index is -4.66. The van der Waals surface area contributed by atoms with E-state index in [1.165, 1.54) is 12.1 Å². The third-order valence-corrected chi connectivity index (χ3v) is 4.86. The molecule has 0 aliphatic carbocycles. The van der Waals surface area contributed by atoms with Crippen molar-refractivity contribution in [1.29, 1.82) is 0 Å². The molecule has 25 heavy (non-hydrogen) atoms. The van der Waals surface area contributed by atoms with Gasteiger partial charge in [-0.2, -0.15) is 8.78 Å². The standard InChI is InChI=1S/C16H14ClF2NO4S/c1-10-2-7-13(17)14(8-10)24-9-15(21)20-11-3-5-12(6-4-11)25(22,23)16(18)19/h2-8,16H,9H2,1H3,(H,20,21). The number of hydrogen-bond acceptors (Lipinski definition) is 4. The van der Waals surface area contributed by atoms with E-state index in [2.05, 4.69) is 5.32 Å². The molecule has 0 spiro atoms. The number of nitrogens with one attached hydrogen (secondary N) is 1. The van der Waals surface area contributed by atoms with Crippen molar-refractivity contribution < 1.29 is 26.7 Å². The fraction of sp³-hybridized carbons (Fsp3) is 0.188. The summed E-state index contributed by atoms with van der Waals surface area (Å²) in [5.74, 6) is -3.65. The number of hydrogen-bond donors (Lipinski definition) is 1. The van der Waals surface area contributed by atoms with E-state index in [-0.39, 0.29) is 12.3 Å². The summed E-state index contributed by atoms with van der Waals surface area (Å²) in [6.45, 7) is 1.53. The highest BCUT2D eigenvalue weighted by atomic mass is 35.5. The molecular weight excluding hydrogens is 376 g/mol. The highest BCUT2D eigenvalue weighted by Crippen LogP contribution is 2.25.